The summed E-state index contributed by atoms with van der Waals surface area (Å²) in [7, 11) is 0. The molecule has 1 aliphatic rings. The summed E-state index contributed by atoms with van der Waals surface area (Å²) in [5.74, 6) is 0.141. The molecule has 1 saturated carbocycles. The summed E-state index contributed by atoms with van der Waals surface area (Å²) in [5.41, 5.74) is 8.04. The number of carbonyl (C=O) groups is 1. The largest absolute Gasteiger partial charge is 0.349 e. The van der Waals surface area contributed by atoms with Crippen LogP contribution in [0.2, 0.25) is 0 Å². The summed E-state index contributed by atoms with van der Waals surface area (Å²) in [5, 5.41) is 3.21. The van der Waals surface area contributed by atoms with Gasteiger partial charge in [0.15, 0.2) is 0 Å². The quantitative estimate of drug-likeness (QED) is 0.833. The fraction of sp³-hybridized carbons (Fsp3) is 0.611. The van der Waals surface area contributed by atoms with E-state index in [0.29, 0.717) is 6.54 Å². The van der Waals surface area contributed by atoms with Gasteiger partial charge in [0.2, 0.25) is 5.91 Å². The molecule has 0 unspecified atom stereocenters. The predicted octanol–water partition coefficient (Wildman–Crippen LogP) is 3.47. The highest BCUT2D eigenvalue weighted by Gasteiger charge is 2.37. The fourth-order valence-corrected chi connectivity index (χ4v) is 3.43. The van der Waals surface area contributed by atoms with Crippen molar-refractivity contribution in [3.05, 3.63) is 35.4 Å². The van der Waals surface area contributed by atoms with Crippen LogP contribution in [0, 0.1) is 12.3 Å². The van der Waals surface area contributed by atoms with Crippen LogP contribution in [0.4, 0.5) is 0 Å². The van der Waals surface area contributed by atoms with Crippen molar-refractivity contribution in [3.63, 3.8) is 0 Å². The molecule has 3 heteroatoms. The third-order valence-electron chi connectivity index (χ3n) is 4.94. The molecule has 0 bridgehead atoms. The lowest BCUT2D eigenvalue weighted by Gasteiger charge is -2.31. The second-order valence-electron chi connectivity index (χ2n) is 6.45. The van der Waals surface area contributed by atoms with Gasteiger partial charge in [-0.3, -0.25) is 4.79 Å². The van der Waals surface area contributed by atoms with Gasteiger partial charge in [-0.2, -0.15) is 0 Å². The van der Waals surface area contributed by atoms with Crippen molar-refractivity contribution in [3.8, 4) is 0 Å². The lowest BCUT2D eigenvalue weighted by Crippen LogP contribution is -2.46. The highest BCUT2D eigenvalue weighted by atomic mass is 16.2. The van der Waals surface area contributed by atoms with Crippen LogP contribution in [0.15, 0.2) is 24.3 Å². The molecule has 0 spiro atoms. The third-order valence-corrected chi connectivity index (χ3v) is 4.94. The van der Waals surface area contributed by atoms with Crippen LogP contribution in [-0.4, -0.2) is 12.5 Å². The molecular formula is C18H28N2O. The van der Waals surface area contributed by atoms with Crippen LogP contribution in [-0.2, 0) is 4.79 Å². The fourth-order valence-electron chi connectivity index (χ4n) is 3.43. The van der Waals surface area contributed by atoms with E-state index in [2.05, 4.69) is 31.3 Å². The monoisotopic (exact) mass is 288 g/mol. The number of aryl methyl sites for hydroxylation is 1. The van der Waals surface area contributed by atoms with Crippen molar-refractivity contribution >= 4 is 5.91 Å². The molecular weight excluding hydrogens is 260 g/mol. The molecule has 3 N–H and O–H groups in total. The minimum atomic E-state index is -0.354. The molecule has 2 rings (SSSR count). The average molecular weight is 288 g/mol. The van der Waals surface area contributed by atoms with E-state index in [0.717, 1.165) is 25.7 Å². The van der Waals surface area contributed by atoms with Crippen LogP contribution >= 0.6 is 0 Å². The van der Waals surface area contributed by atoms with Gasteiger partial charge in [0.05, 0.1) is 11.5 Å². The Labute approximate surface area is 128 Å². The van der Waals surface area contributed by atoms with Crippen LogP contribution in [0.3, 0.4) is 0 Å². The van der Waals surface area contributed by atoms with Gasteiger partial charge in [0.1, 0.15) is 0 Å². The Bertz CT molecular complexity index is 476. The molecule has 0 aromatic heterocycles. The van der Waals surface area contributed by atoms with Crippen LogP contribution in [0.5, 0.6) is 0 Å². The van der Waals surface area contributed by atoms with Gasteiger partial charge in [0, 0.05) is 6.54 Å². The maximum absolute atomic E-state index is 12.8. The first-order valence-electron chi connectivity index (χ1n) is 8.16. The summed E-state index contributed by atoms with van der Waals surface area (Å²) in [4.78, 5) is 12.8. The van der Waals surface area contributed by atoms with Crippen molar-refractivity contribution in [2.45, 2.75) is 58.4 Å². The zero-order valence-corrected chi connectivity index (χ0v) is 13.3. The molecule has 0 radical (unpaired) electrons. The number of amides is 1. The second kappa shape index (κ2) is 7.08. The first-order chi connectivity index (χ1) is 10.1. The number of nitrogens with two attached hydrogens (primary N) is 1. The van der Waals surface area contributed by atoms with Gasteiger partial charge in [-0.25, -0.2) is 0 Å². The normalized spacial score (nSPS) is 19.6. The molecule has 1 amide bonds. The Morgan fingerprint density at radius 1 is 1.24 bits per heavy atom. The minimum Gasteiger partial charge on any atom is -0.349 e. The van der Waals surface area contributed by atoms with E-state index in [1.165, 1.54) is 24.0 Å². The number of carbonyl (C=O) groups excluding carboxylic acids is 1. The molecule has 0 saturated heterocycles. The molecule has 21 heavy (non-hydrogen) atoms. The van der Waals surface area contributed by atoms with E-state index in [1.54, 1.807) is 0 Å². The SMILES string of the molecule is Cc1ccccc1[C@@H](C)NC(=O)C1(CN)CCCCCC1. The van der Waals surface area contributed by atoms with E-state index in [9.17, 15) is 4.79 Å². The second-order valence-corrected chi connectivity index (χ2v) is 6.45. The highest BCUT2D eigenvalue weighted by Crippen LogP contribution is 2.35. The molecule has 116 valence electrons. The Hall–Kier alpha value is -1.35. The average Bonchev–Trinajstić information content (AvgIpc) is 2.74. The minimum absolute atomic E-state index is 0.0328. The van der Waals surface area contributed by atoms with Crippen molar-refractivity contribution in [1.82, 2.24) is 5.32 Å². The molecule has 0 heterocycles. The zero-order chi connectivity index (χ0) is 15.3. The molecule has 1 fully saturated rings. The van der Waals surface area contributed by atoms with Crippen molar-refractivity contribution in [2.75, 3.05) is 6.54 Å². The maximum atomic E-state index is 12.8. The number of nitrogens with one attached hydrogen (secondary N) is 1. The van der Waals surface area contributed by atoms with Crippen molar-refractivity contribution in [2.24, 2.45) is 11.1 Å². The van der Waals surface area contributed by atoms with E-state index < -0.39 is 0 Å². The van der Waals surface area contributed by atoms with Gasteiger partial charge in [-0.15, -0.1) is 0 Å². The number of rotatable bonds is 4. The Balaban J connectivity index is 2.10. The first-order valence-corrected chi connectivity index (χ1v) is 8.16. The van der Waals surface area contributed by atoms with E-state index in [-0.39, 0.29) is 17.4 Å². The Kier molecular flexibility index (Phi) is 5.40. The first kappa shape index (κ1) is 16.0. The topological polar surface area (TPSA) is 55.1 Å². The Morgan fingerprint density at radius 3 is 2.43 bits per heavy atom. The van der Waals surface area contributed by atoms with Crippen LogP contribution in [0.25, 0.3) is 0 Å². The summed E-state index contributed by atoms with van der Waals surface area (Å²) >= 11 is 0. The van der Waals surface area contributed by atoms with Gasteiger partial charge in [0.25, 0.3) is 0 Å². The van der Waals surface area contributed by atoms with E-state index in [4.69, 9.17) is 5.73 Å². The van der Waals surface area contributed by atoms with Gasteiger partial charge in [-0.1, -0.05) is 49.9 Å². The lowest BCUT2D eigenvalue weighted by atomic mass is 9.79. The van der Waals surface area contributed by atoms with Gasteiger partial charge < -0.3 is 11.1 Å². The number of hydrogen-bond donors (Lipinski definition) is 2. The zero-order valence-electron chi connectivity index (χ0n) is 13.3. The van der Waals surface area contributed by atoms with E-state index in [1.807, 2.05) is 12.1 Å². The molecule has 1 aliphatic carbocycles. The standard InChI is InChI=1S/C18H28N2O/c1-14-9-5-6-10-16(14)15(2)20-17(21)18(13-19)11-7-3-4-8-12-18/h5-6,9-10,15H,3-4,7-8,11-13,19H2,1-2H3,(H,20,21)/t15-/m1/s1. The smallest absolute Gasteiger partial charge is 0.227 e. The summed E-state index contributed by atoms with van der Waals surface area (Å²) in [6.45, 7) is 4.60. The molecule has 1 aromatic carbocycles. The molecule has 1 aromatic rings. The third kappa shape index (κ3) is 3.65. The molecule has 3 nitrogen and oxygen atoms in total. The summed E-state index contributed by atoms with van der Waals surface area (Å²) in [6, 6.07) is 8.26. The van der Waals surface area contributed by atoms with Crippen molar-refractivity contribution < 1.29 is 4.79 Å². The van der Waals surface area contributed by atoms with Gasteiger partial charge >= 0.3 is 0 Å². The molecule has 0 aliphatic heterocycles. The molecule has 1 atom stereocenters. The summed E-state index contributed by atoms with van der Waals surface area (Å²) < 4.78 is 0. The Morgan fingerprint density at radius 2 is 1.86 bits per heavy atom. The van der Waals surface area contributed by atoms with Crippen molar-refractivity contribution in [1.29, 1.82) is 0 Å². The van der Waals surface area contributed by atoms with Crippen LogP contribution in [0.1, 0.15) is 62.6 Å². The van der Waals surface area contributed by atoms with Crippen LogP contribution < -0.4 is 11.1 Å². The number of benzene rings is 1. The van der Waals surface area contributed by atoms with Gasteiger partial charge in [-0.05, 0) is 37.8 Å². The summed E-state index contributed by atoms with van der Waals surface area (Å²) in [6.07, 6.45) is 6.53. The van der Waals surface area contributed by atoms with E-state index >= 15 is 0 Å². The number of hydrogen-bond acceptors (Lipinski definition) is 2. The highest BCUT2D eigenvalue weighted by molar-refractivity contribution is 5.83. The maximum Gasteiger partial charge on any atom is 0.227 e. The predicted molar refractivity (Wildman–Crippen MR) is 86.9 cm³/mol. The lowest BCUT2D eigenvalue weighted by molar-refractivity contribution is -0.132.